The third kappa shape index (κ3) is 3.23. The first-order chi connectivity index (χ1) is 7.19. The lowest BCUT2D eigenvalue weighted by Gasteiger charge is -2.16. The van der Waals surface area contributed by atoms with Gasteiger partial charge in [0, 0.05) is 18.2 Å². The van der Waals surface area contributed by atoms with Crippen molar-refractivity contribution in [3.8, 4) is 0 Å². The third-order valence-electron chi connectivity index (χ3n) is 1.93. The van der Waals surface area contributed by atoms with Gasteiger partial charge in [-0.25, -0.2) is 8.78 Å². The van der Waals surface area contributed by atoms with Crippen LogP contribution in [0.2, 0.25) is 0 Å². The first-order valence-electron chi connectivity index (χ1n) is 4.56. The second-order valence-corrected chi connectivity index (χ2v) is 2.98. The number of halogens is 2. The lowest BCUT2D eigenvalue weighted by Crippen LogP contribution is -2.18. The van der Waals surface area contributed by atoms with Gasteiger partial charge in [0.2, 0.25) is 0 Å². The summed E-state index contributed by atoms with van der Waals surface area (Å²) in [5.74, 6) is -1.34. The minimum absolute atomic E-state index is 0.0681. The van der Waals surface area contributed by atoms with E-state index in [4.69, 9.17) is 15.6 Å². The number of hydrogen-bond donors (Lipinski definition) is 2. The van der Waals surface area contributed by atoms with E-state index >= 15 is 0 Å². The van der Waals surface area contributed by atoms with Crippen molar-refractivity contribution in [1.82, 2.24) is 0 Å². The molecule has 0 fully saturated rings. The van der Waals surface area contributed by atoms with Crippen LogP contribution in [0, 0.1) is 11.6 Å². The molecule has 1 aromatic carbocycles. The fourth-order valence-electron chi connectivity index (χ4n) is 1.24. The molecule has 3 nitrogen and oxygen atoms in total. The van der Waals surface area contributed by atoms with Crippen molar-refractivity contribution >= 4 is 0 Å². The minimum Gasteiger partial charge on any atom is -0.394 e. The molecular formula is C10H13F2NO2. The molecule has 0 aliphatic rings. The summed E-state index contributed by atoms with van der Waals surface area (Å²) in [6.45, 7) is -0.0272. The molecular weight excluding hydrogens is 204 g/mol. The van der Waals surface area contributed by atoms with Crippen LogP contribution in [0.25, 0.3) is 0 Å². The average molecular weight is 217 g/mol. The molecule has 15 heavy (non-hydrogen) atoms. The largest absolute Gasteiger partial charge is 0.394 e. The molecule has 1 rings (SSSR count). The van der Waals surface area contributed by atoms with Crippen molar-refractivity contribution in [3.05, 3.63) is 35.4 Å². The van der Waals surface area contributed by atoms with Crippen LogP contribution in [-0.2, 0) is 4.74 Å². The fourth-order valence-corrected chi connectivity index (χ4v) is 1.24. The molecule has 0 bridgehead atoms. The maximum absolute atomic E-state index is 13.3. The van der Waals surface area contributed by atoms with Crippen molar-refractivity contribution in [2.24, 2.45) is 5.73 Å². The quantitative estimate of drug-likeness (QED) is 0.772. The van der Waals surface area contributed by atoms with E-state index in [2.05, 4.69) is 0 Å². The van der Waals surface area contributed by atoms with E-state index < -0.39 is 17.7 Å². The second-order valence-electron chi connectivity index (χ2n) is 2.98. The van der Waals surface area contributed by atoms with E-state index in [1.165, 1.54) is 6.07 Å². The summed E-state index contributed by atoms with van der Waals surface area (Å²) in [4.78, 5) is 0. The van der Waals surface area contributed by atoms with Crippen LogP contribution >= 0.6 is 0 Å². The van der Waals surface area contributed by atoms with Crippen LogP contribution in [0.15, 0.2) is 18.2 Å². The van der Waals surface area contributed by atoms with Gasteiger partial charge in [-0.1, -0.05) is 6.07 Å². The summed E-state index contributed by atoms with van der Waals surface area (Å²) < 4.78 is 31.0. The average Bonchev–Trinajstić information content (AvgIpc) is 2.21. The highest BCUT2D eigenvalue weighted by Gasteiger charge is 2.15. The first-order valence-corrected chi connectivity index (χ1v) is 4.56. The van der Waals surface area contributed by atoms with E-state index in [9.17, 15) is 8.78 Å². The summed E-state index contributed by atoms with van der Waals surface area (Å²) in [5.41, 5.74) is 5.59. The van der Waals surface area contributed by atoms with Crippen molar-refractivity contribution in [3.63, 3.8) is 0 Å². The van der Waals surface area contributed by atoms with E-state index in [-0.39, 0.29) is 25.3 Å². The number of rotatable bonds is 5. The van der Waals surface area contributed by atoms with Crippen molar-refractivity contribution in [2.75, 3.05) is 19.8 Å². The lowest BCUT2D eigenvalue weighted by molar-refractivity contribution is 0.0309. The number of hydrogen-bond acceptors (Lipinski definition) is 3. The number of nitrogens with two attached hydrogens (primary N) is 1. The van der Waals surface area contributed by atoms with Gasteiger partial charge in [-0.2, -0.15) is 0 Å². The zero-order chi connectivity index (χ0) is 11.3. The Kier molecular flexibility index (Phi) is 4.61. The molecule has 5 heteroatoms. The number of aliphatic hydroxyl groups excluding tert-OH is 1. The molecule has 0 saturated heterocycles. The fraction of sp³-hybridized carbons (Fsp3) is 0.400. The summed E-state index contributed by atoms with van der Waals surface area (Å²) in [6.07, 6.45) is -0.655. The van der Waals surface area contributed by atoms with Gasteiger partial charge in [0.25, 0.3) is 0 Å². The van der Waals surface area contributed by atoms with Crippen LogP contribution in [-0.4, -0.2) is 24.9 Å². The summed E-state index contributed by atoms with van der Waals surface area (Å²) in [7, 11) is 0. The Labute approximate surface area is 86.5 Å². The first kappa shape index (κ1) is 12.0. The third-order valence-corrected chi connectivity index (χ3v) is 1.93. The van der Waals surface area contributed by atoms with Gasteiger partial charge >= 0.3 is 0 Å². The van der Waals surface area contributed by atoms with E-state index in [0.717, 1.165) is 12.1 Å². The summed E-state index contributed by atoms with van der Waals surface area (Å²) in [5, 5.41) is 8.55. The van der Waals surface area contributed by atoms with Crippen molar-refractivity contribution < 1.29 is 18.6 Å². The Morgan fingerprint density at radius 2 is 2.13 bits per heavy atom. The summed E-state index contributed by atoms with van der Waals surface area (Å²) >= 11 is 0. The van der Waals surface area contributed by atoms with Gasteiger partial charge in [0.1, 0.15) is 11.6 Å². The smallest absolute Gasteiger partial charge is 0.131 e. The van der Waals surface area contributed by atoms with Crippen LogP contribution in [0.4, 0.5) is 8.78 Å². The molecule has 84 valence electrons. The normalized spacial score (nSPS) is 12.8. The standard InChI is InChI=1S/C10H13F2NO2/c11-7-1-2-8(9(12)5-7)10(6-13)15-4-3-14/h1-2,5,10,14H,3-4,6,13H2. The van der Waals surface area contributed by atoms with Crippen LogP contribution in [0.1, 0.15) is 11.7 Å². The SMILES string of the molecule is NCC(OCCO)c1ccc(F)cc1F. The van der Waals surface area contributed by atoms with Gasteiger partial charge in [-0.3, -0.25) is 0 Å². The molecule has 3 N–H and O–H groups in total. The maximum Gasteiger partial charge on any atom is 0.131 e. The van der Waals surface area contributed by atoms with Gasteiger partial charge in [0.05, 0.1) is 19.3 Å². The Morgan fingerprint density at radius 3 is 2.67 bits per heavy atom. The Morgan fingerprint density at radius 1 is 1.40 bits per heavy atom. The van der Waals surface area contributed by atoms with Gasteiger partial charge in [0.15, 0.2) is 0 Å². The topological polar surface area (TPSA) is 55.5 Å². The highest BCUT2D eigenvalue weighted by atomic mass is 19.1. The molecule has 1 aromatic rings. The Bertz CT molecular complexity index is 320. The Balaban J connectivity index is 2.81. The van der Waals surface area contributed by atoms with Gasteiger partial charge in [-0.15, -0.1) is 0 Å². The molecule has 0 saturated carbocycles. The van der Waals surface area contributed by atoms with Crippen molar-refractivity contribution in [1.29, 1.82) is 0 Å². The highest BCUT2D eigenvalue weighted by Crippen LogP contribution is 2.20. The molecule has 0 heterocycles. The molecule has 1 unspecified atom stereocenters. The number of benzene rings is 1. The predicted molar refractivity (Wildman–Crippen MR) is 51.2 cm³/mol. The molecule has 0 amide bonds. The van der Waals surface area contributed by atoms with Gasteiger partial charge < -0.3 is 15.6 Å². The highest BCUT2D eigenvalue weighted by molar-refractivity contribution is 5.21. The van der Waals surface area contributed by atoms with E-state index in [1.54, 1.807) is 0 Å². The van der Waals surface area contributed by atoms with E-state index in [1.807, 2.05) is 0 Å². The van der Waals surface area contributed by atoms with Crippen LogP contribution in [0.3, 0.4) is 0 Å². The molecule has 1 atom stereocenters. The molecule has 0 aromatic heterocycles. The molecule has 0 radical (unpaired) electrons. The molecule has 0 aliphatic carbocycles. The second kappa shape index (κ2) is 5.75. The zero-order valence-corrected chi connectivity index (χ0v) is 8.12. The number of aliphatic hydroxyl groups is 1. The van der Waals surface area contributed by atoms with Crippen LogP contribution in [0.5, 0.6) is 0 Å². The lowest BCUT2D eigenvalue weighted by atomic mass is 10.1. The monoisotopic (exact) mass is 217 g/mol. The Hall–Kier alpha value is -1.04. The summed E-state index contributed by atoms with van der Waals surface area (Å²) in [6, 6.07) is 3.21. The maximum atomic E-state index is 13.3. The molecule has 0 aliphatic heterocycles. The van der Waals surface area contributed by atoms with Gasteiger partial charge in [-0.05, 0) is 6.07 Å². The number of ether oxygens (including phenoxy) is 1. The predicted octanol–water partition coefficient (Wildman–Crippen LogP) is 0.973. The van der Waals surface area contributed by atoms with Crippen LogP contribution < -0.4 is 5.73 Å². The minimum atomic E-state index is -0.691. The van der Waals surface area contributed by atoms with E-state index in [0.29, 0.717) is 0 Å². The molecule has 0 spiro atoms. The zero-order valence-electron chi connectivity index (χ0n) is 8.12. The van der Waals surface area contributed by atoms with Crippen molar-refractivity contribution in [2.45, 2.75) is 6.10 Å².